The standard InChI is InChI=1S/C15H22O7/c1-6-9(14(17)22-7-2)10-8-11(19-3)15(18,21-5)13(20-4)12(10)16/h6,8-10,13,18H,1,7H2,2-5H3. The molecule has 0 aliphatic heterocycles. The quantitative estimate of drug-likeness (QED) is 0.414. The lowest BCUT2D eigenvalue weighted by atomic mass is 9.78. The van der Waals surface area contributed by atoms with Gasteiger partial charge in [0.05, 0.1) is 25.6 Å². The summed E-state index contributed by atoms with van der Waals surface area (Å²) in [4.78, 5) is 24.6. The second-order valence-corrected chi connectivity index (χ2v) is 4.69. The van der Waals surface area contributed by atoms with Crippen molar-refractivity contribution in [2.24, 2.45) is 11.8 Å². The maximum Gasteiger partial charge on any atom is 0.313 e. The smallest absolute Gasteiger partial charge is 0.313 e. The fourth-order valence-electron chi connectivity index (χ4n) is 2.47. The summed E-state index contributed by atoms with van der Waals surface area (Å²) in [5, 5.41) is 10.5. The summed E-state index contributed by atoms with van der Waals surface area (Å²) in [6, 6.07) is 0. The Balaban J connectivity index is 3.31. The zero-order valence-corrected chi connectivity index (χ0v) is 13.2. The number of Topliss-reactive ketones (excluding diaryl/α,β-unsaturated/α-hetero) is 1. The van der Waals surface area contributed by atoms with E-state index in [-0.39, 0.29) is 12.4 Å². The molecule has 0 bridgehead atoms. The Kier molecular flexibility index (Phi) is 6.28. The molecular formula is C15H22O7. The lowest BCUT2D eigenvalue weighted by molar-refractivity contribution is -0.242. The summed E-state index contributed by atoms with van der Waals surface area (Å²) in [5.74, 6) is -4.99. The minimum absolute atomic E-state index is 0.0115. The third-order valence-corrected chi connectivity index (χ3v) is 3.59. The number of allylic oxidation sites excluding steroid dienone is 1. The average Bonchev–Trinajstić information content (AvgIpc) is 2.50. The minimum atomic E-state index is -2.04. The molecule has 124 valence electrons. The molecule has 0 saturated heterocycles. The van der Waals surface area contributed by atoms with Crippen LogP contribution < -0.4 is 0 Å². The lowest BCUT2D eigenvalue weighted by Crippen LogP contribution is -2.57. The van der Waals surface area contributed by atoms with Gasteiger partial charge in [0, 0.05) is 14.2 Å². The molecule has 0 saturated carbocycles. The summed E-state index contributed by atoms with van der Waals surface area (Å²) in [6.07, 6.45) is 1.33. The van der Waals surface area contributed by atoms with Crippen LogP contribution in [0.1, 0.15) is 6.92 Å². The van der Waals surface area contributed by atoms with Crippen LogP contribution in [0.15, 0.2) is 24.5 Å². The van der Waals surface area contributed by atoms with Crippen LogP contribution in [-0.4, -0.2) is 56.7 Å². The normalized spacial score (nSPS) is 29.5. The van der Waals surface area contributed by atoms with Crippen molar-refractivity contribution >= 4 is 11.8 Å². The van der Waals surface area contributed by atoms with Crippen LogP contribution in [0, 0.1) is 11.8 Å². The van der Waals surface area contributed by atoms with Gasteiger partial charge in [-0.1, -0.05) is 6.08 Å². The fraction of sp³-hybridized carbons (Fsp3) is 0.600. The number of aliphatic hydroxyl groups is 1. The van der Waals surface area contributed by atoms with E-state index < -0.39 is 35.5 Å². The first-order valence-corrected chi connectivity index (χ1v) is 6.80. The molecule has 0 aromatic carbocycles. The van der Waals surface area contributed by atoms with Gasteiger partial charge >= 0.3 is 5.97 Å². The Morgan fingerprint density at radius 1 is 1.50 bits per heavy atom. The number of methoxy groups -OCH3 is 3. The van der Waals surface area contributed by atoms with Crippen molar-refractivity contribution in [1.82, 2.24) is 0 Å². The summed E-state index contributed by atoms with van der Waals surface area (Å²) < 4.78 is 20.1. The van der Waals surface area contributed by atoms with Gasteiger partial charge in [-0.25, -0.2) is 0 Å². The van der Waals surface area contributed by atoms with E-state index in [4.69, 9.17) is 18.9 Å². The van der Waals surface area contributed by atoms with Crippen LogP contribution in [0.25, 0.3) is 0 Å². The summed E-state index contributed by atoms with van der Waals surface area (Å²) in [7, 11) is 3.81. The van der Waals surface area contributed by atoms with Crippen molar-refractivity contribution in [1.29, 1.82) is 0 Å². The van der Waals surface area contributed by atoms with E-state index in [1.807, 2.05) is 0 Å². The molecule has 0 amide bonds. The third kappa shape index (κ3) is 3.06. The molecule has 0 heterocycles. The Labute approximate surface area is 129 Å². The molecule has 1 N–H and O–H groups in total. The van der Waals surface area contributed by atoms with Crippen molar-refractivity contribution in [2.45, 2.75) is 18.8 Å². The molecule has 22 heavy (non-hydrogen) atoms. The minimum Gasteiger partial charge on any atom is -0.496 e. The molecule has 0 spiro atoms. The van der Waals surface area contributed by atoms with Gasteiger partial charge in [0.25, 0.3) is 5.79 Å². The Hall–Kier alpha value is -1.70. The van der Waals surface area contributed by atoms with Crippen molar-refractivity contribution in [3.63, 3.8) is 0 Å². The Morgan fingerprint density at radius 3 is 2.55 bits per heavy atom. The molecule has 4 unspecified atom stereocenters. The van der Waals surface area contributed by atoms with Crippen LogP contribution in [-0.2, 0) is 28.5 Å². The summed E-state index contributed by atoms with van der Waals surface area (Å²) >= 11 is 0. The van der Waals surface area contributed by atoms with Crippen molar-refractivity contribution in [3.8, 4) is 0 Å². The maximum absolute atomic E-state index is 12.6. The van der Waals surface area contributed by atoms with Gasteiger partial charge in [0.1, 0.15) is 0 Å². The van der Waals surface area contributed by atoms with E-state index in [0.29, 0.717) is 0 Å². The number of ether oxygens (including phenoxy) is 4. The molecule has 7 heteroatoms. The SMILES string of the molecule is C=CC(C(=O)OCC)C1C=C(OC)C(O)(OC)C(OC)C1=O. The summed E-state index contributed by atoms with van der Waals surface area (Å²) in [6.45, 7) is 5.42. The molecule has 0 radical (unpaired) electrons. The highest BCUT2D eigenvalue weighted by Crippen LogP contribution is 2.36. The van der Waals surface area contributed by atoms with Crippen LogP contribution in [0.3, 0.4) is 0 Å². The van der Waals surface area contributed by atoms with E-state index in [0.717, 1.165) is 0 Å². The van der Waals surface area contributed by atoms with Crippen LogP contribution >= 0.6 is 0 Å². The fourth-order valence-corrected chi connectivity index (χ4v) is 2.47. The summed E-state index contributed by atoms with van der Waals surface area (Å²) in [5.41, 5.74) is 0. The Morgan fingerprint density at radius 2 is 2.14 bits per heavy atom. The molecule has 0 fully saturated rings. The van der Waals surface area contributed by atoms with Crippen molar-refractivity contribution < 1.29 is 33.6 Å². The number of carbonyl (C=O) groups excluding carboxylic acids is 2. The van der Waals surface area contributed by atoms with E-state index in [1.54, 1.807) is 6.92 Å². The van der Waals surface area contributed by atoms with Gasteiger partial charge in [-0.3, -0.25) is 9.59 Å². The maximum atomic E-state index is 12.6. The number of hydrogen-bond donors (Lipinski definition) is 1. The lowest BCUT2D eigenvalue weighted by Gasteiger charge is -2.39. The average molecular weight is 314 g/mol. The molecule has 1 aliphatic rings. The van der Waals surface area contributed by atoms with Gasteiger partial charge < -0.3 is 24.1 Å². The van der Waals surface area contributed by atoms with Crippen molar-refractivity contribution in [3.05, 3.63) is 24.5 Å². The Bertz CT molecular complexity index is 471. The molecule has 4 atom stereocenters. The monoisotopic (exact) mass is 314 g/mol. The first kappa shape index (κ1) is 18.3. The topological polar surface area (TPSA) is 91.3 Å². The van der Waals surface area contributed by atoms with Crippen molar-refractivity contribution in [2.75, 3.05) is 27.9 Å². The number of ketones is 1. The third-order valence-electron chi connectivity index (χ3n) is 3.59. The zero-order valence-electron chi connectivity index (χ0n) is 13.2. The molecule has 0 aromatic heterocycles. The number of carbonyl (C=O) groups is 2. The number of hydrogen-bond acceptors (Lipinski definition) is 7. The molecule has 1 aliphatic carbocycles. The van der Waals surface area contributed by atoms with E-state index in [2.05, 4.69) is 6.58 Å². The second kappa shape index (κ2) is 7.53. The van der Waals surface area contributed by atoms with Gasteiger partial charge in [-0.2, -0.15) is 0 Å². The van der Waals surface area contributed by atoms with Gasteiger partial charge in [0.15, 0.2) is 17.6 Å². The predicted octanol–water partition coefficient (Wildman–Crippen LogP) is 0.431. The largest absolute Gasteiger partial charge is 0.496 e. The van der Waals surface area contributed by atoms with E-state index in [9.17, 15) is 14.7 Å². The first-order valence-electron chi connectivity index (χ1n) is 6.80. The zero-order chi connectivity index (χ0) is 16.9. The first-order chi connectivity index (χ1) is 10.4. The number of esters is 1. The van der Waals surface area contributed by atoms with Crippen LogP contribution in [0.5, 0.6) is 0 Å². The predicted molar refractivity (Wildman–Crippen MR) is 76.7 cm³/mol. The van der Waals surface area contributed by atoms with E-state index >= 15 is 0 Å². The molecular weight excluding hydrogens is 292 g/mol. The van der Waals surface area contributed by atoms with Gasteiger partial charge in [0.2, 0.25) is 0 Å². The second-order valence-electron chi connectivity index (χ2n) is 4.69. The highest BCUT2D eigenvalue weighted by Gasteiger charge is 2.54. The van der Waals surface area contributed by atoms with Crippen LogP contribution in [0.2, 0.25) is 0 Å². The van der Waals surface area contributed by atoms with Gasteiger partial charge in [-0.05, 0) is 13.0 Å². The molecule has 1 rings (SSSR count). The van der Waals surface area contributed by atoms with E-state index in [1.165, 1.54) is 33.5 Å². The van der Waals surface area contributed by atoms with Gasteiger partial charge in [-0.15, -0.1) is 6.58 Å². The number of rotatable bonds is 7. The highest BCUT2D eigenvalue weighted by atomic mass is 16.7. The van der Waals surface area contributed by atoms with Crippen LogP contribution in [0.4, 0.5) is 0 Å². The highest BCUT2D eigenvalue weighted by molar-refractivity contribution is 5.94. The molecule has 0 aromatic rings. The molecule has 7 nitrogen and oxygen atoms in total.